The number of hydrogen-bond donors (Lipinski definition) is 1. The van der Waals surface area contributed by atoms with Crippen molar-refractivity contribution in [1.82, 2.24) is 9.55 Å². The molecule has 0 spiro atoms. The van der Waals surface area contributed by atoms with Crippen LogP contribution in [0.4, 0.5) is 0 Å². The van der Waals surface area contributed by atoms with Gasteiger partial charge in [0.05, 0.1) is 30.5 Å². The normalized spacial score (nSPS) is 12.0. The fraction of sp³-hybridized carbons (Fsp3) is 0.333. The van der Waals surface area contributed by atoms with E-state index in [1.807, 2.05) is 12.1 Å². The van der Waals surface area contributed by atoms with Gasteiger partial charge in [0.2, 0.25) is 0 Å². The van der Waals surface area contributed by atoms with Crippen LogP contribution >= 0.6 is 36.6 Å². The van der Waals surface area contributed by atoms with E-state index in [1.54, 1.807) is 25.7 Å². The van der Waals surface area contributed by atoms with Crippen LogP contribution < -0.4 is 15.2 Å². The topological polar surface area (TPSA) is 53.4 Å². The Bertz CT molecular complexity index is 789. The number of nitrogens with zero attached hydrogens (tertiary/aromatic N) is 2. The van der Waals surface area contributed by atoms with Crippen molar-refractivity contribution in [3.8, 4) is 22.8 Å². The van der Waals surface area contributed by atoms with E-state index in [9.17, 15) is 4.79 Å². The Kier molecular flexibility index (Phi) is 5.06. The summed E-state index contributed by atoms with van der Waals surface area (Å²) in [6.45, 7) is 2.39. The minimum atomic E-state index is -0.235. The molecule has 3 rings (SSSR count). The summed E-state index contributed by atoms with van der Waals surface area (Å²) in [6, 6.07) is 3.86. The molecule has 0 fully saturated rings. The molecular weight excluding hydrogens is 415 g/mol. The molecule has 1 aliphatic heterocycles. The molecular formula is C15H17IN2O3S. The lowest BCUT2D eigenvalue weighted by Crippen LogP contribution is -2.29. The Morgan fingerprint density at radius 3 is 2.50 bits per heavy atom. The number of thiol groups is 1. The van der Waals surface area contributed by atoms with E-state index in [2.05, 4.69) is 17.6 Å². The Morgan fingerprint density at radius 2 is 1.86 bits per heavy atom. The number of halogens is 1. The molecule has 0 saturated carbocycles. The lowest BCUT2D eigenvalue weighted by molar-refractivity contribution is 0.354. The van der Waals surface area contributed by atoms with Gasteiger partial charge in [0, 0.05) is 12.1 Å². The zero-order valence-corrected chi connectivity index (χ0v) is 15.8. The lowest BCUT2D eigenvalue weighted by Gasteiger charge is -2.24. The van der Waals surface area contributed by atoms with Gasteiger partial charge >= 0.3 is 5.69 Å². The largest absolute Gasteiger partial charge is 0.493 e. The van der Waals surface area contributed by atoms with Crippen molar-refractivity contribution in [1.29, 1.82) is 0 Å². The predicted octanol–water partition coefficient (Wildman–Crippen LogP) is 2.70. The fourth-order valence-corrected chi connectivity index (χ4v) is 3.00. The van der Waals surface area contributed by atoms with Crippen LogP contribution in [0.15, 0.2) is 21.8 Å². The van der Waals surface area contributed by atoms with E-state index in [1.165, 1.54) is 0 Å². The first-order chi connectivity index (χ1) is 10.1. The van der Waals surface area contributed by atoms with Gasteiger partial charge in [-0.05, 0) is 31.0 Å². The number of hydrogen-bond acceptors (Lipinski definition) is 5. The summed E-state index contributed by atoms with van der Waals surface area (Å²) in [5, 5.41) is 0. The molecule has 2 heterocycles. The van der Waals surface area contributed by atoms with Crippen molar-refractivity contribution in [3.63, 3.8) is 0 Å². The molecule has 0 aliphatic carbocycles. The monoisotopic (exact) mass is 432 g/mol. The highest BCUT2D eigenvalue weighted by Crippen LogP contribution is 2.40. The summed E-state index contributed by atoms with van der Waals surface area (Å²) in [6.07, 6.45) is 0.751. The zero-order valence-electron chi connectivity index (χ0n) is 12.5. The number of aryl methyl sites for hydroxylation is 2. The molecule has 0 N–H and O–H groups in total. The second-order valence-electron chi connectivity index (χ2n) is 4.94. The van der Waals surface area contributed by atoms with E-state index >= 15 is 0 Å². The van der Waals surface area contributed by atoms with Gasteiger partial charge in [-0.1, -0.05) is 0 Å². The molecule has 7 heteroatoms. The van der Waals surface area contributed by atoms with Gasteiger partial charge in [0.25, 0.3) is 0 Å². The number of methoxy groups -OCH3 is 2. The Hall–Kier alpha value is -1.22. The van der Waals surface area contributed by atoms with Gasteiger partial charge in [0.1, 0.15) is 0 Å². The Morgan fingerprint density at radius 1 is 1.23 bits per heavy atom. The van der Waals surface area contributed by atoms with E-state index in [0.29, 0.717) is 23.7 Å². The van der Waals surface area contributed by atoms with E-state index in [0.717, 1.165) is 28.1 Å². The molecule has 0 unspecified atom stereocenters. The van der Waals surface area contributed by atoms with E-state index < -0.39 is 0 Å². The molecule has 22 heavy (non-hydrogen) atoms. The summed E-state index contributed by atoms with van der Waals surface area (Å²) in [5.74, 6) is 1.33. The fourth-order valence-electron chi connectivity index (χ4n) is 2.71. The van der Waals surface area contributed by atoms with Crippen LogP contribution in [-0.4, -0.2) is 23.8 Å². The summed E-state index contributed by atoms with van der Waals surface area (Å²) in [4.78, 5) is 16.8. The highest BCUT2D eigenvalue weighted by molar-refractivity contribution is 14.0. The van der Waals surface area contributed by atoms with Gasteiger partial charge in [-0.25, -0.2) is 4.79 Å². The second kappa shape index (κ2) is 6.49. The molecule has 0 amide bonds. The third-order valence-electron chi connectivity index (χ3n) is 3.80. The highest BCUT2D eigenvalue weighted by Gasteiger charge is 2.23. The first-order valence-corrected chi connectivity index (χ1v) is 7.07. The highest BCUT2D eigenvalue weighted by atomic mass is 127. The third kappa shape index (κ3) is 2.60. The third-order valence-corrected chi connectivity index (χ3v) is 4.34. The van der Waals surface area contributed by atoms with Crippen molar-refractivity contribution < 1.29 is 9.47 Å². The van der Waals surface area contributed by atoms with Crippen molar-refractivity contribution in [2.24, 2.45) is 0 Å². The van der Waals surface area contributed by atoms with Crippen LogP contribution in [0, 0.1) is 6.92 Å². The minimum absolute atomic E-state index is 0. The molecule has 1 aliphatic rings. The average Bonchev–Trinajstić information content (AvgIpc) is 2.50. The summed E-state index contributed by atoms with van der Waals surface area (Å²) in [5.41, 5.74) is 3.27. The number of fused-ring (bicyclic) bond motifs is 3. The van der Waals surface area contributed by atoms with E-state index in [4.69, 9.17) is 9.47 Å². The van der Waals surface area contributed by atoms with Gasteiger partial charge in [0.15, 0.2) is 11.5 Å². The maximum Gasteiger partial charge on any atom is 0.348 e. The quantitative estimate of drug-likeness (QED) is 0.586. The van der Waals surface area contributed by atoms with Crippen molar-refractivity contribution in [2.75, 3.05) is 14.2 Å². The van der Waals surface area contributed by atoms with Gasteiger partial charge in [-0.15, -0.1) is 36.6 Å². The van der Waals surface area contributed by atoms with Crippen molar-refractivity contribution >= 4 is 36.6 Å². The predicted molar refractivity (Wildman–Crippen MR) is 98.1 cm³/mol. The van der Waals surface area contributed by atoms with Gasteiger partial charge in [-0.3, -0.25) is 4.57 Å². The van der Waals surface area contributed by atoms with Crippen LogP contribution in [0.5, 0.6) is 11.5 Å². The average molecular weight is 432 g/mol. The van der Waals surface area contributed by atoms with Crippen molar-refractivity contribution in [3.05, 3.63) is 33.9 Å². The second-order valence-corrected chi connectivity index (χ2v) is 5.39. The molecule has 1 aromatic carbocycles. The molecule has 5 nitrogen and oxygen atoms in total. The van der Waals surface area contributed by atoms with Crippen LogP contribution in [0.1, 0.15) is 11.3 Å². The van der Waals surface area contributed by atoms with Crippen LogP contribution in [0.3, 0.4) is 0 Å². The maximum absolute atomic E-state index is 12.1. The molecule has 118 valence electrons. The Balaban J connectivity index is 0.00000176. The standard InChI is InChI=1S/C15H16N2O3S.HI/c1-8-14(21)13-10-7-12(20-3)11(19-2)6-9(10)4-5-17(13)15(18)16-8;/h6-7,21H,4-5H2,1-3H3;1H. The van der Waals surface area contributed by atoms with Crippen LogP contribution in [-0.2, 0) is 13.0 Å². The number of aromatic nitrogens is 2. The molecule has 0 bridgehead atoms. The zero-order chi connectivity index (χ0) is 15.1. The summed E-state index contributed by atoms with van der Waals surface area (Å²) in [7, 11) is 3.21. The first kappa shape index (κ1) is 17.1. The van der Waals surface area contributed by atoms with Crippen molar-refractivity contribution in [2.45, 2.75) is 24.8 Å². The molecule has 0 atom stereocenters. The molecule has 1 aromatic heterocycles. The molecule has 2 aromatic rings. The number of benzene rings is 1. The lowest BCUT2D eigenvalue weighted by atomic mass is 9.96. The van der Waals surface area contributed by atoms with E-state index in [-0.39, 0.29) is 29.7 Å². The summed E-state index contributed by atoms with van der Waals surface area (Å²) >= 11 is 4.54. The van der Waals surface area contributed by atoms with Crippen LogP contribution in [0.25, 0.3) is 11.3 Å². The first-order valence-electron chi connectivity index (χ1n) is 6.62. The molecule has 0 radical (unpaired) electrons. The smallest absolute Gasteiger partial charge is 0.348 e. The number of ether oxygens (including phenoxy) is 2. The molecule has 0 saturated heterocycles. The van der Waals surface area contributed by atoms with Gasteiger partial charge in [-0.2, -0.15) is 4.98 Å². The SMILES string of the molecule is COc1cc2c(cc1OC)-c1c(S)c(C)nc(=O)n1CC2.I. The van der Waals surface area contributed by atoms with Crippen LogP contribution in [0.2, 0.25) is 0 Å². The summed E-state index contributed by atoms with van der Waals surface area (Å²) < 4.78 is 12.4. The number of rotatable bonds is 2. The van der Waals surface area contributed by atoms with Gasteiger partial charge < -0.3 is 9.47 Å². The minimum Gasteiger partial charge on any atom is -0.493 e. The Labute approximate surface area is 151 Å². The maximum atomic E-state index is 12.1.